The Hall–Kier alpha value is -15.5. The van der Waals surface area contributed by atoms with Crippen LogP contribution in [-0.2, 0) is 0 Å². The van der Waals surface area contributed by atoms with Crippen LogP contribution < -0.4 is 49.7 Å². The predicted molar refractivity (Wildman–Crippen MR) is 440 cm³/mol. The molecule has 14 aromatic carbocycles. The lowest BCUT2D eigenvalue weighted by molar-refractivity contribution is 0.101. The molecular formula is C97H74N4O11. The Morgan fingerprint density at radius 2 is 0.473 bits per heavy atom. The van der Waals surface area contributed by atoms with Crippen LogP contribution in [-0.4, -0.2) is 36.5 Å². The first-order valence-corrected chi connectivity index (χ1v) is 35.6. The summed E-state index contributed by atoms with van der Waals surface area (Å²) in [5, 5.41) is 11.5. The molecule has 14 rings (SSSR count). The number of carbonyl (C=O) groups is 5. The van der Waals surface area contributed by atoms with Crippen LogP contribution in [0.5, 0.6) is 63.2 Å². The van der Waals surface area contributed by atoms with Crippen LogP contribution in [0.3, 0.4) is 0 Å². The molecular weight excluding hydrogens is 1400 g/mol. The van der Waals surface area contributed by atoms with E-state index in [1.165, 1.54) is 0 Å². The van der Waals surface area contributed by atoms with Crippen LogP contribution in [0.2, 0.25) is 0 Å². The number of Topliss-reactive ketones (excluding diaryl/α,β-unsaturated/α-hetero) is 1. The first-order chi connectivity index (χ1) is 54.6. The van der Waals surface area contributed by atoms with E-state index in [-0.39, 0.29) is 29.4 Å². The third kappa shape index (κ3) is 23.3. The van der Waals surface area contributed by atoms with Gasteiger partial charge in [-0.2, -0.15) is 0 Å². The number of nitrogens with one attached hydrogen (secondary N) is 4. The monoisotopic (exact) mass is 1470 g/mol. The van der Waals surface area contributed by atoms with Crippen molar-refractivity contribution in [2.75, 3.05) is 28.4 Å². The molecule has 0 fully saturated rings. The van der Waals surface area contributed by atoms with Crippen molar-refractivity contribution < 1.29 is 52.4 Å². The van der Waals surface area contributed by atoms with Crippen molar-refractivity contribution in [1.82, 2.24) is 0 Å². The van der Waals surface area contributed by atoms with Gasteiger partial charge in [0.25, 0.3) is 23.6 Å². The highest BCUT2D eigenvalue weighted by molar-refractivity contribution is 6.08. The Kier molecular flexibility index (Phi) is 26.0. The molecule has 15 heteroatoms. The molecule has 0 spiro atoms. The number of aryl methyl sites for hydroxylation is 2. The summed E-state index contributed by atoms with van der Waals surface area (Å²) >= 11 is 0. The Bertz CT molecular complexity index is 5720. The van der Waals surface area contributed by atoms with Gasteiger partial charge < -0.3 is 49.7 Å². The fourth-order valence-electron chi connectivity index (χ4n) is 10.8. The predicted octanol–water partition coefficient (Wildman–Crippen LogP) is 22.7. The highest BCUT2D eigenvalue weighted by Crippen LogP contribution is 2.32. The highest BCUT2D eigenvalue weighted by Gasteiger charge is 2.14. The van der Waals surface area contributed by atoms with Gasteiger partial charge in [-0.25, -0.2) is 0 Å². The second-order valence-electron chi connectivity index (χ2n) is 25.3. The maximum absolute atomic E-state index is 13.0. The SMILES string of the molecule is CC(=O)c1ccc(Oc2cccc(C#Cc3ccccc3)c2)cc1.COc1cccc(Oc2ccc(C(=O)Nc3cccc(NC(=O)c4ccc(Oc5cccc(Oc6ccc(C)cc6)c5)cc4)c3)cc2)c1.Cc1ccc(C(=O)Nc2cccc(NC(=O)c3ccc(Oc4cccc(C#Cc5ccccc5)c4)cc3)c2)cc1. The molecule has 0 saturated heterocycles. The van der Waals surface area contributed by atoms with E-state index in [1.54, 1.807) is 184 Å². The molecule has 0 aliphatic heterocycles. The second kappa shape index (κ2) is 38.2. The van der Waals surface area contributed by atoms with Gasteiger partial charge in [0.05, 0.1) is 7.11 Å². The lowest BCUT2D eigenvalue weighted by atomic mass is 10.1. The van der Waals surface area contributed by atoms with Gasteiger partial charge in [-0.15, -0.1) is 0 Å². The number of anilines is 4. The van der Waals surface area contributed by atoms with Gasteiger partial charge in [0, 0.05) is 85.0 Å². The number of ether oxygens (including phenoxy) is 6. The first kappa shape index (κ1) is 76.2. The summed E-state index contributed by atoms with van der Waals surface area (Å²) in [4.78, 5) is 62.6. The molecule has 0 radical (unpaired) electrons. The van der Waals surface area contributed by atoms with Gasteiger partial charge in [0.1, 0.15) is 63.2 Å². The zero-order chi connectivity index (χ0) is 77.8. The summed E-state index contributed by atoms with van der Waals surface area (Å²) in [5.74, 6) is 18.6. The van der Waals surface area contributed by atoms with Crippen molar-refractivity contribution >= 4 is 52.2 Å². The van der Waals surface area contributed by atoms with Crippen LogP contribution in [0.4, 0.5) is 22.7 Å². The van der Waals surface area contributed by atoms with Crippen LogP contribution in [0.15, 0.2) is 352 Å². The van der Waals surface area contributed by atoms with Crippen molar-refractivity contribution in [3.63, 3.8) is 0 Å². The van der Waals surface area contributed by atoms with Crippen LogP contribution in [0, 0.1) is 37.5 Å². The van der Waals surface area contributed by atoms with E-state index in [4.69, 9.17) is 28.4 Å². The summed E-state index contributed by atoms with van der Waals surface area (Å²) < 4.78 is 34.8. The number of hydrogen-bond acceptors (Lipinski definition) is 11. The molecule has 14 aromatic rings. The normalized spacial score (nSPS) is 10.2. The summed E-state index contributed by atoms with van der Waals surface area (Å²) in [5.41, 5.74) is 10.7. The van der Waals surface area contributed by atoms with E-state index in [1.807, 2.05) is 196 Å². The van der Waals surface area contributed by atoms with Gasteiger partial charge in [-0.3, -0.25) is 24.0 Å². The number of carbonyl (C=O) groups excluding carboxylic acids is 5. The molecule has 548 valence electrons. The minimum atomic E-state index is -0.301. The third-order valence-corrected chi connectivity index (χ3v) is 16.6. The highest BCUT2D eigenvalue weighted by atomic mass is 16.5. The number of benzene rings is 14. The van der Waals surface area contributed by atoms with Crippen LogP contribution in [0.25, 0.3) is 0 Å². The number of ketones is 1. The first-order valence-electron chi connectivity index (χ1n) is 35.6. The fourth-order valence-corrected chi connectivity index (χ4v) is 10.8. The summed E-state index contributed by atoms with van der Waals surface area (Å²) in [6.07, 6.45) is 0. The number of amides is 4. The van der Waals surface area contributed by atoms with E-state index in [0.717, 1.165) is 39.1 Å². The van der Waals surface area contributed by atoms with E-state index >= 15 is 0 Å². The minimum Gasteiger partial charge on any atom is -0.497 e. The molecule has 0 heterocycles. The molecule has 4 amide bonds. The average molecular weight is 1470 g/mol. The minimum absolute atomic E-state index is 0.0414. The zero-order valence-electron chi connectivity index (χ0n) is 61.5. The van der Waals surface area contributed by atoms with Crippen molar-refractivity contribution in [3.05, 3.63) is 413 Å². The largest absolute Gasteiger partial charge is 0.497 e. The van der Waals surface area contributed by atoms with Crippen molar-refractivity contribution in [1.29, 1.82) is 0 Å². The number of methoxy groups -OCH3 is 1. The molecule has 112 heavy (non-hydrogen) atoms. The average Bonchev–Trinajstić information content (AvgIpc) is 0.853. The maximum atomic E-state index is 13.0. The molecule has 0 aromatic heterocycles. The molecule has 0 aliphatic carbocycles. The smallest absolute Gasteiger partial charge is 0.255 e. The molecule has 0 unspecified atom stereocenters. The molecule has 0 aliphatic rings. The maximum Gasteiger partial charge on any atom is 0.255 e. The molecule has 4 N–H and O–H groups in total. The number of hydrogen-bond donors (Lipinski definition) is 4. The molecule has 0 atom stereocenters. The van der Waals surface area contributed by atoms with E-state index in [0.29, 0.717) is 108 Å². The quantitative estimate of drug-likeness (QED) is 0.0420. The molecule has 0 bridgehead atoms. The third-order valence-electron chi connectivity index (χ3n) is 16.6. The van der Waals surface area contributed by atoms with Crippen LogP contribution in [0.1, 0.15) is 92.1 Å². The second-order valence-corrected chi connectivity index (χ2v) is 25.3. The molecule has 15 nitrogen and oxygen atoms in total. The topological polar surface area (TPSA) is 189 Å². The van der Waals surface area contributed by atoms with E-state index in [2.05, 4.69) is 44.9 Å². The van der Waals surface area contributed by atoms with E-state index in [9.17, 15) is 24.0 Å². The van der Waals surface area contributed by atoms with Crippen molar-refractivity contribution in [3.8, 4) is 86.9 Å². The Morgan fingerprint density at radius 3 is 0.795 bits per heavy atom. The van der Waals surface area contributed by atoms with Crippen molar-refractivity contribution in [2.24, 2.45) is 0 Å². The Balaban J connectivity index is 0.000000164. The fraction of sp³-hybridized carbons (Fsp3) is 0.0412. The van der Waals surface area contributed by atoms with Gasteiger partial charge in [-0.1, -0.05) is 132 Å². The van der Waals surface area contributed by atoms with Gasteiger partial charge in [0.15, 0.2) is 5.78 Å². The van der Waals surface area contributed by atoms with Gasteiger partial charge in [-0.05, 0) is 263 Å². The van der Waals surface area contributed by atoms with Gasteiger partial charge >= 0.3 is 0 Å². The summed E-state index contributed by atoms with van der Waals surface area (Å²) in [7, 11) is 1.59. The lowest BCUT2D eigenvalue weighted by Gasteiger charge is -2.11. The molecule has 0 saturated carbocycles. The van der Waals surface area contributed by atoms with Crippen LogP contribution >= 0.6 is 0 Å². The van der Waals surface area contributed by atoms with Gasteiger partial charge in [0.2, 0.25) is 0 Å². The lowest BCUT2D eigenvalue weighted by Crippen LogP contribution is -2.14. The standard InChI is InChI=1S/C40H32N2O6.C35H26N2O3.C22H16O2/c1-27-12-18-32(19-13-27)46-37-10-5-11-38(26-37)48-34-22-16-29(17-23-34)40(44)42-31-7-3-6-30(24-31)41-39(43)28-14-20-33(21-15-28)47-36-9-4-8-35(25-36)45-2;1-25-13-17-28(18-14-25)34(38)36-30-10-6-11-31(24-30)37-35(39)29-19-21-32(22-20-29)40-33-12-5-9-27(23-33)16-15-26-7-3-2-4-8-26;1-17(23)20-12-14-21(15-13-20)24-22-9-5-8-19(16-22)11-10-18-6-3-2-4-7-18/h3-26H,1-2H3,(H,41,43)(H,42,44);2-14,17-24H,1H3,(H,36,38)(H,37,39);2-9,12-16H,1H3. The van der Waals surface area contributed by atoms with Crippen molar-refractivity contribution in [2.45, 2.75) is 20.8 Å². The number of rotatable bonds is 20. The summed E-state index contributed by atoms with van der Waals surface area (Å²) in [6, 6.07) is 106. The van der Waals surface area contributed by atoms with E-state index < -0.39 is 0 Å². The Labute approximate surface area is 650 Å². The summed E-state index contributed by atoms with van der Waals surface area (Å²) in [6.45, 7) is 5.54. The Morgan fingerprint density at radius 1 is 0.232 bits per heavy atom. The zero-order valence-corrected chi connectivity index (χ0v) is 61.5.